The zero-order chi connectivity index (χ0) is 31.5. The molecule has 14 heteroatoms. The van der Waals surface area contributed by atoms with E-state index in [1.165, 1.54) is 19.2 Å². The molecule has 1 aliphatic carbocycles. The lowest BCUT2D eigenvalue weighted by molar-refractivity contribution is -0.0458. The van der Waals surface area contributed by atoms with Gasteiger partial charge in [-0.1, -0.05) is 17.7 Å². The Morgan fingerprint density at radius 1 is 1.02 bits per heavy atom. The summed E-state index contributed by atoms with van der Waals surface area (Å²) in [5, 5.41) is 22.1. The molecule has 3 aliphatic rings. The zero-order valence-electron chi connectivity index (χ0n) is 25.9. The number of aliphatic hydroxyl groups excluding tert-OH is 1. The molecule has 13 nitrogen and oxygen atoms in total. The Kier molecular flexibility index (Phi) is 9.33. The van der Waals surface area contributed by atoms with Gasteiger partial charge in [-0.25, -0.2) is 19.6 Å². The first kappa shape index (κ1) is 30.9. The van der Waals surface area contributed by atoms with E-state index in [0.29, 0.717) is 53.0 Å². The van der Waals surface area contributed by atoms with E-state index in [2.05, 4.69) is 30.3 Å². The first-order chi connectivity index (χ1) is 22.5. The number of morpholine rings is 1. The summed E-state index contributed by atoms with van der Waals surface area (Å²) in [6.07, 6.45) is 15.4. The van der Waals surface area contributed by atoms with Crippen LogP contribution in [0.2, 0.25) is 5.02 Å². The summed E-state index contributed by atoms with van der Waals surface area (Å²) in [6.45, 7) is 4.29. The second kappa shape index (κ2) is 13.9. The van der Waals surface area contributed by atoms with Crippen LogP contribution in [-0.4, -0.2) is 95.2 Å². The highest BCUT2D eigenvalue weighted by molar-refractivity contribution is 6.32. The van der Waals surface area contributed by atoms with Crippen LogP contribution >= 0.6 is 11.6 Å². The predicted molar refractivity (Wildman–Crippen MR) is 171 cm³/mol. The summed E-state index contributed by atoms with van der Waals surface area (Å²) in [5.74, 6) is 1.41. The second-order valence-electron chi connectivity index (χ2n) is 12.3. The minimum Gasteiger partial charge on any atom is -0.487 e. The molecule has 3 atom stereocenters. The largest absolute Gasteiger partial charge is 0.487 e. The summed E-state index contributed by atoms with van der Waals surface area (Å²) in [5.41, 5.74) is 2.35. The van der Waals surface area contributed by atoms with Crippen LogP contribution < -0.4 is 14.8 Å². The van der Waals surface area contributed by atoms with Crippen molar-refractivity contribution in [3.8, 4) is 22.8 Å². The Balaban J connectivity index is 1.01. The topological polar surface area (TPSA) is 138 Å². The van der Waals surface area contributed by atoms with Gasteiger partial charge in [0.1, 0.15) is 36.8 Å². The van der Waals surface area contributed by atoms with Crippen molar-refractivity contribution < 1.29 is 19.3 Å². The van der Waals surface area contributed by atoms with Crippen LogP contribution in [0.5, 0.6) is 11.6 Å². The number of fused-ring (bicyclic) bond motifs is 2. The van der Waals surface area contributed by atoms with E-state index in [1.54, 1.807) is 29.5 Å². The molecular weight excluding hydrogens is 610 g/mol. The number of nitrogens with zero attached hydrogens (tertiary/aromatic N) is 8. The van der Waals surface area contributed by atoms with Crippen LogP contribution in [0.25, 0.3) is 11.1 Å². The molecular formula is C32H40ClN9O4. The average Bonchev–Trinajstić information content (AvgIpc) is 3.79. The molecule has 1 saturated carbocycles. The standard InChI is InChI=1S/C32H40ClN9O4/c1-21(15-40-20-34-19-37-40)46-30-12-22(2-9-28(30)33)23-13-35-32(36-14-23)38-29-16-41(39-31(29)45-11-10-43)24-3-5-25(6-4-24)42-26-7-8-27(42)18-44-17-26/h2,9,12-14,16,19-21,24-27,43H,3-8,10-11,15,17-18H2,1H3,(H,35,36,38)/t21?,24?,25?,26-,27+. The SMILES string of the molecule is CC(Cn1cncn1)Oc1cc(-c2cnc(Nc3cn(C4CCC(N5[C@@H]6CC[C@H]5COC6)CC4)nc3OCCO)nc2)ccc1Cl. The van der Waals surface area contributed by atoms with E-state index in [1.807, 2.05) is 29.9 Å². The highest BCUT2D eigenvalue weighted by Crippen LogP contribution is 2.39. The lowest BCUT2D eigenvalue weighted by Gasteiger charge is -2.43. The number of hydrogen-bond donors (Lipinski definition) is 2. The molecule has 0 radical (unpaired) electrons. The van der Waals surface area contributed by atoms with Gasteiger partial charge in [-0.3, -0.25) is 9.58 Å². The van der Waals surface area contributed by atoms with E-state index in [9.17, 15) is 5.11 Å². The van der Waals surface area contributed by atoms with E-state index >= 15 is 0 Å². The van der Waals surface area contributed by atoms with Crippen LogP contribution in [0.15, 0.2) is 49.4 Å². The van der Waals surface area contributed by atoms with E-state index < -0.39 is 0 Å². The third kappa shape index (κ3) is 6.82. The van der Waals surface area contributed by atoms with Crippen molar-refractivity contribution in [3.63, 3.8) is 0 Å². The van der Waals surface area contributed by atoms with Gasteiger partial charge >= 0.3 is 0 Å². The molecule has 2 saturated heterocycles. The van der Waals surface area contributed by atoms with Crippen molar-refractivity contribution in [2.24, 2.45) is 0 Å². The average molecular weight is 650 g/mol. The Hall–Kier alpha value is -3.78. The van der Waals surface area contributed by atoms with Crippen LogP contribution in [0.3, 0.4) is 0 Å². The van der Waals surface area contributed by atoms with Gasteiger partial charge in [0.2, 0.25) is 5.95 Å². The van der Waals surface area contributed by atoms with Crippen LogP contribution in [0.1, 0.15) is 51.5 Å². The number of ether oxygens (including phenoxy) is 3. The lowest BCUT2D eigenvalue weighted by Crippen LogP contribution is -2.52. The van der Waals surface area contributed by atoms with Gasteiger partial charge in [-0.2, -0.15) is 5.10 Å². The minimum atomic E-state index is -0.171. The van der Waals surface area contributed by atoms with Gasteiger partial charge in [0, 0.05) is 36.1 Å². The second-order valence-corrected chi connectivity index (χ2v) is 12.8. The molecule has 2 N–H and O–H groups in total. The molecule has 3 fully saturated rings. The molecule has 0 spiro atoms. The van der Waals surface area contributed by atoms with Gasteiger partial charge in [-0.15, -0.1) is 5.10 Å². The highest BCUT2D eigenvalue weighted by Gasteiger charge is 2.42. The van der Waals surface area contributed by atoms with Crippen LogP contribution in [0, 0.1) is 0 Å². The van der Waals surface area contributed by atoms with Crippen LogP contribution in [-0.2, 0) is 11.3 Å². The summed E-state index contributed by atoms with van der Waals surface area (Å²) < 4.78 is 21.4. The third-order valence-corrected chi connectivity index (χ3v) is 9.50. The van der Waals surface area contributed by atoms with Gasteiger partial charge in [0.15, 0.2) is 0 Å². The van der Waals surface area contributed by atoms with Crippen molar-refractivity contribution in [2.45, 2.75) is 82.3 Å². The number of hydrogen-bond acceptors (Lipinski definition) is 11. The number of halogens is 1. The van der Waals surface area contributed by atoms with Crippen molar-refractivity contribution >= 4 is 23.2 Å². The maximum absolute atomic E-state index is 9.40. The van der Waals surface area contributed by atoms with Crippen molar-refractivity contribution in [3.05, 3.63) is 54.5 Å². The minimum absolute atomic E-state index is 0.101. The smallest absolute Gasteiger partial charge is 0.257 e. The molecule has 2 aliphatic heterocycles. The Bertz CT molecular complexity index is 1560. The monoisotopic (exact) mass is 649 g/mol. The molecule has 3 aromatic heterocycles. The van der Waals surface area contributed by atoms with Gasteiger partial charge in [0.05, 0.1) is 43.6 Å². The zero-order valence-corrected chi connectivity index (χ0v) is 26.7. The van der Waals surface area contributed by atoms with Crippen LogP contribution in [0.4, 0.5) is 11.6 Å². The Morgan fingerprint density at radius 2 is 1.76 bits per heavy atom. The summed E-state index contributed by atoms with van der Waals surface area (Å²) in [6, 6.07) is 7.67. The predicted octanol–water partition coefficient (Wildman–Crippen LogP) is 4.51. The Labute approximate surface area is 272 Å². The molecule has 46 heavy (non-hydrogen) atoms. The molecule has 7 rings (SSSR count). The number of anilines is 2. The highest BCUT2D eigenvalue weighted by atomic mass is 35.5. The van der Waals surface area contributed by atoms with E-state index in [0.717, 1.165) is 50.0 Å². The number of rotatable bonds is 12. The quantitative estimate of drug-likeness (QED) is 0.224. The first-order valence-electron chi connectivity index (χ1n) is 16.1. The number of aliphatic hydroxyl groups is 1. The molecule has 4 aromatic rings. The van der Waals surface area contributed by atoms with Gasteiger partial charge < -0.3 is 24.6 Å². The molecule has 244 valence electrons. The molecule has 0 amide bonds. The molecule has 2 bridgehead atoms. The third-order valence-electron chi connectivity index (χ3n) is 9.19. The summed E-state index contributed by atoms with van der Waals surface area (Å²) >= 11 is 6.45. The molecule has 1 aromatic carbocycles. The van der Waals surface area contributed by atoms with Crippen molar-refractivity contribution in [1.29, 1.82) is 0 Å². The Morgan fingerprint density at radius 3 is 2.48 bits per heavy atom. The summed E-state index contributed by atoms with van der Waals surface area (Å²) in [7, 11) is 0. The number of benzene rings is 1. The molecule has 1 unspecified atom stereocenters. The normalized spacial score (nSPS) is 23.7. The maximum atomic E-state index is 9.40. The number of nitrogens with one attached hydrogen (secondary N) is 1. The fraction of sp³-hybridized carbons (Fsp3) is 0.531. The fourth-order valence-electron chi connectivity index (χ4n) is 7.05. The van der Waals surface area contributed by atoms with E-state index in [4.69, 9.17) is 30.9 Å². The van der Waals surface area contributed by atoms with E-state index in [-0.39, 0.29) is 25.4 Å². The summed E-state index contributed by atoms with van der Waals surface area (Å²) in [4.78, 5) is 15.9. The number of aromatic nitrogens is 7. The van der Waals surface area contributed by atoms with Crippen molar-refractivity contribution in [1.82, 2.24) is 39.4 Å². The molecule has 5 heterocycles. The van der Waals surface area contributed by atoms with Crippen molar-refractivity contribution in [2.75, 3.05) is 31.7 Å². The maximum Gasteiger partial charge on any atom is 0.257 e. The lowest BCUT2D eigenvalue weighted by atomic mass is 9.89. The van der Waals surface area contributed by atoms with Gasteiger partial charge in [-0.05, 0) is 63.1 Å². The first-order valence-corrected chi connectivity index (χ1v) is 16.5. The van der Waals surface area contributed by atoms with Gasteiger partial charge in [0.25, 0.3) is 5.88 Å². The fourth-order valence-corrected chi connectivity index (χ4v) is 7.22.